The average molecular weight is 534 g/mol. The van der Waals surface area contributed by atoms with Crippen LogP contribution in [0.4, 0.5) is 5.69 Å². The molecule has 0 unspecified atom stereocenters. The van der Waals surface area contributed by atoms with Crippen LogP contribution in [0.25, 0.3) is 0 Å². The number of piperidine rings is 1. The van der Waals surface area contributed by atoms with Crippen LogP contribution in [0.3, 0.4) is 0 Å². The zero-order chi connectivity index (χ0) is 25.8. The fourth-order valence-corrected chi connectivity index (χ4v) is 8.05. The molecule has 0 aliphatic carbocycles. The Morgan fingerprint density at radius 1 is 0.889 bits per heavy atom. The number of sulfone groups is 1. The lowest BCUT2D eigenvalue weighted by Crippen LogP contribution is -2.50. The molecule has 2 aliphatic rings. The molecule has 2 heterocycles. The first-order valence-electron chi connectivity index (χ1n) is 12.9. The third-order valence-electron chi connectivity index (χ3n) is 7.17. The zero-order valence-corrected chi connectivity index (χ0v) is 23.1. The highest BCUT2D eigenvalue weighted by atomic mass is 32.2. The van der Waals surface area contributed by atoms with Crippen molar-refractivity contribution in [3.63, 3.8) is 0 Å². The van der Waals surface area contributed by atoms with E-state index in [1.807, 2.05) is 56.3 Å². The van der Waals surface area contributed by atoms with Crippen molar-refractivity contribution in [1.29, 1.82) is 0 Å². The summed E-state index contributed by atoms with van der Waals surface area (Å²) in [5.41, 5.74) is 2.94. The van der Waals surface area contributed by atoms with Crippen LogP contribution in [0.15, 0.2) is 54.6 Å². The van der Waals surface area contributed by atoms with Crippen LogP contribution in [-0.4, -0.2) is 76.3 Å². The maximum Gasteiger partial charge on any atom is 0.218 e. The summed E-state index contributed by atoms with van der Waals surface area (Å²) in [4.78, 5) is 4.72. The van der Waals surface area contributed by atoms with E-state index in [9.17, 15) is 16.8 Å². The molecule has 198 valence electrons. The van der Waals surface area contributed by atoms with E-state index in [1.54, 1.807) is 4.31 Å². The second-order valence-corrected chi connectivity index (χ2v) is 14.8. The van der Waals surface area contributed by atoms with Crippen molar-refractivity contribution >= 4 is 25.5 Å². The van der Waals surface area contributed by atoms with Gasteiger partial charge in [-0.05, 0) is 42.0 Å². The van der Waals surface area contributed by atoms with Gasteiger partial charge < -0.3 is 4.90 Å². The van der Waals surface area contributed by atoms with Gasteiger partial charge in [0.15, 0.2) is 9.84 Å². The molecular formula is C27H39N3O4S2. The molecule has 7 nitrogen and oxygen atoms in total. The van der Waals surface area contributed by atoms with Gasteiger partial charge in [-0.15, -0.1) is 0 Å². The van der Waals surface area contributed by atoms with E-state index in [4.69, 9.17) is 0 Å². The fourth-order valence-electron chi connectivity index (χ4n) is 5.16. The van der Waals surface area contributed by atoms with Gasteiger partial charge in [0.2, 0.25) is 10.0 Å². The molecule has 2 aliphatic heterocycles. The molecule has 0 atom stereocenters. The first kappa shape index (κ1) is 27.1. The Kier molecular flexibility index (Phi) is 8.75. The smallest absolute Gasteiger partial charge is 0.218 e. The van der Waals surface area contributed by atoms with E-state index in [0.29, 0.717) is 32.2 Å². The first-order valence-corrected chi connectivity index (χ1v) is 16.3. The van der Waals surface area contributed by atoms with E-state index in [1.165, 1.54) is 0 Å². The first-order chi connectivity index (χ1) is 17.1. The van der Waals surface area contributed by atoms with Crippen LogP contribution in [0, 0.1) is 5.92 Å². The molecule has 2 saturated heterocycles. The van der Waals surface area contributed by atoms with Crippen molar-refractivity contribution in [2.45, 2.75) is 45.0 Å². The SMILES string of the molecule is CC(C)CN(Cc1ccc(N2CCC(N3CCS(=O)(=O)CC3)CC2)cc1)S(=O)(=O)Cc1ccccc1. The highest BCUT2D eigenvalue weighted by Gasteiger charge is 2.30. The molecule has 2 fully saturated rings. The minimum absolute atomic E-state index is 0.0105. The van der Waals surface area contributed by atoms with Crippen molar-refractivity contribution in [1.82, 2.24) is 9.21 Å². The number of hydrogen-bond donors (Lipinski definition) is 0. The minimum atomic E-state index is -3.44. The molecular weight excluding hydrogens is 494 g/mol. The predicted molar refractivity (Wildman–Crippen MR) is 146 cm³/mol. The third kappa shape index (κ3) is 7.31. The quantitative estimate of drug-likeness (QED) is 0.492. The van der Waals surface area contributed by atoms with Gasteiger partial charge in [-0.2, -0.15) is 4.31 Å². The van der Waals surface area contributed by atoms with Gasteiger partial charge >= 0.3 is 0 Å². The van der Waals surface area contributed by atoms with Gasteiger partial charge in [-0.25, -0.2) is 16.8 Å². The van der Waals surface area contributed by atoms with Gasteiger partial charge in [0.1, 0.15) is 0 Å². The predicted octanol–water partition coefficient (Wildman–Crippen LogP) is 3.37. The molecule has 0 amide bonds. The maximum absolute atomic E-state index is 13.2. The Morgan fingerprint density at radius 3 is 2.08 bits per heavy atom. The van der Waals surface area contributed by atoms with Crippen molar-refractivity contribution in [3.8, 4) is 0 Å². The summed E-state index contributed by atoms with van der Waals surface area (Å²) in [5.74, 6) is 0.806. The monoisotopic (exact) mass is 533 g/mol. The Labute approximate surface area is 217 Å². The topological polar surface area (TPSA) is 78.0 Å². The van der Waals surface area contributed by atoms with Crippen LogP contribution >= 0.6 is 0 Å². The van der Waals surface area contributed by atoms with Crippen molar-refractivity contribution in [3.05, 3.63) is 65.7 Å². The lowest BCUT2D eigenvalue weighted by atomic mass is 10.0. The van der Waals surface area contributed by atoms with Gasteiger partial charge in [0.25, 0.3) is 0 Å². The van der Waals surface area contributed by atoms with Crippen LogP contribution in [0.1, 0.15) is 37.8 Å². The average Bonchev–Trinajstić information content (AvgIpc) is 2.84. The third-order valence-corrected chi connectivity index (χ3v) is 10.5. The summed E-state index contributed by atoms with van der Waals surface area (Å²) < 4.78 is 51.5. The summed E-state index contributed by atoms with van der Waals surface area (Å²) in [5, 5.41) is 0. The second-order valence-electron chi connectivity index (χ2n) is 10.5. The van der Waals surface area contributed by atoms with E-state index in [-0.39, 0.29) is 23.2 Å². The maximum atomic E-state index is 13.2. The van der Waals surface area contributed by atoms with Gasteiger partial charge in [0, 0.05) is 51.0 Å². The van der Waals surface area contributed by atoms with E-state index < -0.39 is 19.9 Å². The highest BCUT2D eigenvalue weighted by Crippen LogP contribution is 2.25. The summed E-state index contributed by atoms with van der Waals surface area (Å²) in [6.07, 6.45) is 2.06. The Hall–Kier alpha value is -1.94. The van der Waals surface area contributed by atoms with Crippen LogP contribution < -0.4 is 4.90 Å². The fraction of sp³-hybridized carbons (Fsp3) is 0.556. The number of nitrogens with zero attached hydrogens (tertiary/aromatic N) is 3. The van der Waals surface area contributed by atoms with Crippen molar-refractivity contribution in [2.75, 3.05) is 49.1 Å². The number of hydrogen-bond acceptors (Lipinski definition) is 6. The van der Waals surface area contributed by atoms with Crippen molar-refractivity contribution < 1.29 is 16.8 Å². The minimum Gasteiger partial charge on any atom is -0.371 e. The lowest BCUT2D eigenvalue weighted by molar-refractivity contribution is 0.182. The summed E-state index contributed by atoms with van der Waals surface area (Å²) >= 11 is 0. The summed E-state index contributed by atoms with van der Waals surface area (Å²) in [6, 6.07) is 18.1. The number of rotatable bonds is 9. The van der Waals surface area contributed by atoms with E-state index >= 15 is 0 Å². The van der Waals surface area contributed by atoms with E-state index in [0.717, 1.165) is 42.7 Å². The lowest BCUT2D eigenvalue weighted by Gasteiger charge is -2.40. The largest absolute Gasteiger partial charge is 0.371 e. The van der Waals surface area contributed by atoms with Crippen LogP contribution in [0.5, 0.6) is 0 Å². The number of benzene rings is 2. The zero-order valence-electron chi connectivity index (χ0n) is 21.4. The molecule has 0 N–H and O–H groups in total. The highest BCUT2D eigenvalue weighted by molar-refractivity contribution is 7.91. The number of anilines is 1. The van der Waals surface area contributed by atoms with Gasteiger partial charge in [0.05, 0.1) is 17.3 Å². The summed E-state index contributed by atoms with van der Waals surface area (Å²) in [6.45, 7) is 8.14. The van der Waals surface area contributed by atoms with Crippen LogP contribution in [0.2, 0.25) is 0 Å². The molecule has 9 heteroatoms. The van der Waals surface area contributed by atoms with Crippen molar-refractivity contribution in [2.24, 2.45) is 5.92 Å². The van der Waals surface area contributed by atoms with Crippen LogP contribution in [-0.2, 0) is 32.2 Å². The molecule has 0 bridgehead atoms. The Balaban J connectivity index is 1.35. The Bertz CT molecular complexity index is 1180. The Morgan fingerprint density at radius 2 is 1.50 bits per heavy atom. The molecule has 0 aromatic heterocycles. The molecule has 2 aromatic rings. The number of sulfonamides is 1. The molecule has 2 aromatic carbocycles. The molecule has 0 saturated carbocycles. The van der Waals surface area contributed by atoms with Gasteiger partial charge in [-0.3, -0.25) is 4.90 Å². The molecule has 0 radical (unpaired) electrons. The molecule has 36 heavy (non-hydrogen) atoms. The molecule has 0 spiro atoms. The summed E-state index contributed by atoms with van der Waals surface area (Å²) in [7, 11) is -6.29. The van der Waals surface area contributed by atoms with E-state index in [2.05, 4.69) is 21.9 Å². The standard InChI is InChI=1S/C27H39N3O4S2/c1-23(2)20-30(36(33,34)22-25-6-4-3-5-7-25)21-24-8-10-26(11-9-24)28-14-12-27(13-15-28)29-16-18-35(31,32)19-17-29/h3-11,23,27H,12-22H2,1-2H3. The van der Waals surface area contributed by atoms with Gasteiger partial charge in [-0.1, -0.05) is 56.3 Å². The normalized spacial score (nSPS) is 19.7. The molecule has 4 rings (SSSR count). The second kappa shape index (κ2) is 11.6.